The number of halogens is 1. The van der Waals surface area contributed by atoms with E-state index in [9.17, 15) is 4.39 Å². The van der Waals surface area contributed by atoms with Crippen molar-refractivity contribution in [2.75, 3.05) is 18.5 Å². The van der Waals surface area contributed by atoms with Gasteiger partial charge in [-0.25, -0.2) is 4.39 Å². The highest BCUT2D eigenvalue weighted by Gasteiger charge is 2.07. The second kappa shape index (κ2) is 6.13. The van der Waals surface area contributed by atoms with E-state index in [2.05, 4.69) is 15.5 Å². The first-order valence-corrected chi connectivity index (χ1v) is 6.25. The van der Waals surface area contributed by atoms with Crippen LogP contribution in [-0.4, -0.2) is 23.3 Å². The van der Waals surface area contributed by atoms with Crippen molar-refractivity contribution in [3.05, 3.63) is 36.1 Å². The normalized spacial score (nSPS) is 10.3. The Morgan fingerprint density at radius 2 is 2.00 bits per heavy atom. The minimum atomic E-state index is -0.392. The Balaban J connectivity index is 2.24. The van der Waals surface area contributed by atoms with E-state index in [4.69, 9.17) is 4.74 Å². The lowest BCUT2D eigenvalue weighted by Gasteiger charge is -2.07. The maximum absolute atomic E-state index is 13.7. The molecule has 0 aliphatic rings. The predicted molar refractivity (Wildman–Crippen MR) is 72.8 cm³/mol. The molecule has 0 aliphatic heterocycles. The zero-order valence-corrected chi connectivity index (χ0v) is 11.0. The molecule has 2 rings (SSSR count). The van der Waals surface area contributed by atoms with E-state index in [0.717, 1.165) is 6.54 Å². The topological polar surface area (TPSA) is 47.0 Å². The Kier molecular flexibility index (Phi) is 4.28. The number of aromatic nitrogens is 2. The average molecular weight is 261 g/mol. The van der Waals surface area contributed by atoms with Crippen LogP contribution in [0.5, 0.6) is 5.75 Å². The van der Waals surface area contributed by atoms with Gasteiger partial charge in [-0.15, -0.1) is 10.2 Å². The monoisotopic (exact) mass is 261 g/mol. The molecule has 1 heterocycles. The van der Waals surface area contributed by atoms with Crippen molar-refractivity contribution in [1.82, 2.24) is 10.2 Å². The lowest BCUT2D eigenvalue weighted by atomic mass is 10.1. The molecule has 19 heavy (non-hydrogen) atoms. The van der Waals surface area contributed by atoms with Crippen molar-refractivity contribution >= 4 is 5.82 Å². The summed E-state index contributed by atoms with van der Waals surface area (Å²) < 4.78 is 18.9. The van der Waals surface area contributed by atoms with E-state index in [1.165, 1.54) is 6.07 Å². The third-order valence-corrected chi connectivity index (χ3v) is 2.55. The molecule has 1 N–H and O–H groups in total. The summed E-state index contributed by atoms with van der Waals surface area (Å²) in [6.07, 6.45) is 0. The predicted octanol–water partition coefficient (Wildman–Crippen LogP) is 3.11. The van der Waals surface area contributed by atoms with Crippen LogP contribution in [0.25, 0.3) is 11.3 Å². The third-order valence-electron chi connectivity index (χ3n) is 2.55. The van der Waals surface area contributed by atoms with Crippen LogP contribution in [0.4, 0.5) is 10.2 Å². The molecule has 0 aliphatic carbocycles. The molecule has 0 atom stereocenters. The summed E-state index contributed by atoms with van der Waals surface area (Å²) in [6.45, 7) is 5.02. The van der Waals surface area contributed by atoms with Crippen molar-refractivity contribution in [3.63, 3.8) is 0 Å². The van der Waals surface area contributed by atoms with Crippen LogP contribution in [-0.2, 0) is 0 Å². The Hall–Kier alpha value is -2.17. The van der Waals surface area contributed by atoms with Gasteiger partial charge in [0.1, 0.15) is 5.82 Å². The molecular formula is C14H16FN3O. The molecule has 0 saturated carbocycles. The van der Waals surface area contributed by atoms with Gasteiger partial charge in [-0.1, -0.05) is 0 Å². The van der Waals surface area contributed by atoms with Crippen LogP contribution in [0.1, 0.15) is 13.8 Å². The molecule has 0 amide bonds. The van der Waals surface area contributed by atoms with E-state index >= 15 is 0 Å². The van der Waals surface area contributed by atoms with Gasteiger partial charge in [0.25, 0.3) is 0 Å². The minimum Gasteiger partial charge on any atom is -0.491 e. The molecule has 0 bridgehead atoms. The van der Waals surface area contributed by atoms with Crippen LogP contribution >= 0.6 is 0 Å². The molecule has 0 unspecified atom stereocenters. The summed E-state index contributed by atoms with van der Waals surface area (Å²) in [6, 6.07) is 8.40. The van der Waals surface area contributed by atoms with Gasteiger partial charge in [-0.05, 0) is 44.2 Å². The van der Waals surface area contributed by atoms with E-state index in [1.807, 2.05) is 19.9 Å². The quantitative estimate of drug-likeness (QED) is 0.898. The lowest BCUT2D eigenvalue weighted by Crippen LogP contribution is -2.00. The SMILES string of the molecule is CCNc1ccc(-c2ccc(OCC)c(F)c2)nn1. The smallest absolute Gasteiger partial charge is 0.165 e. The Morgan fingerprint density at radius 3 is 2.58 bits per heavy atom. The Labute approximate surface area is 111 Å². The van der Waals surface area contributed by atoms with Crippen LogP contribution in [0.2, 0.25) is 0 Å². The van der Waals surface area contributed by atoms with Gasteiger partial charge < -0.3 is 10.1 Å². The first kappa shape index (κ1) is 13.3. The van der Waals surface area contributed by atoms with Crippen LogP contribution in [0, 0.1) is 5.82 Å². The second-order valence-electron chi connectivity index (χ2n) is 3.91. The van der Waals surface area contributed by atoms with Gasteiger partial charge in [0.15, 0.2) is 11.6 Å². The number of hydrogen-bond acceptors (Lipinski definition) is 4. The van der Waals surface area contributed by atoms with Crippen molar-refractivity contribution in [3.8, 4) is 17.0 Å². The molecule has 0 spiro atoms. The Morgan fingerprint density at radius 1 is 1.16 bits per heavy atom. The number of hydrogen-bond donors (Lipinski definition) is 1. The highest BCUT2D eigenvalue weighted by atomic mass is 19.1. The fourth-order valence-corrected chi connectivity index (χ4v) is 1.69. The van der Waals surface area contributed by atoms with Gasteiger partial charge in [0.2, 0.25) is 0 Å². The van der Waals surface area contributed by atoms with Crippen LogP contribution in [0.15, 0.2) is 30.3 Å². The first-order valence-electron chi connectivity index (χ1n) is 6.25. The van der Waals surface area contributed by atoms with Gasteiger partial charge in [-0.3, -0.25) is 0 Å². The highest BCUT2D eigenvalue weighted by molar-refractivity contribution is 5.60. The molecule has 0 fully saturated rings. The molecule has 2 aromatic rings. The second-order valence-corrected chi connectivity index (χ2v) is 3.91. The fourth-order valence-electron chi connectivity index (χ4n) is 1.69. The summed E-state index contributed by atoms with van der Waals surface area (Å²) in [5.74, 6) is 0.568. The summed E-state index contributed by atoms with van der Waals surface area (Å²) in [5, 5.41) is 11.1. The minimum absolute atomic E-state index is 0.253. The van der Waals surface area contributed by atoms with Gasteiger partial charge in [-0.2, -0.15) is 0 Å². The highest BCUT2D eigenvalue weighted by Crippen LogP contribution is 2.24. The fraction of sp³-hybridized carbons (Fsp3) is 0.286. The third kappa shape index (κ3) is 3.19. The maximum atomic E-state index is 13.7. The van der Waals surface area contributed by atoms with Gasteiger partial charge in [0.05, 0.1) is 12.3 Å². The number of nitrogens with zero attached hydrogens (tertiary/aromatic N) is 2. The average Bonchev–Trinajstić information content (AvgIpc) is 2.43. The van der Waals surface area contributed by atoms with E-state index in [-0.39, 0.29) is 5.75 Å². The summed E-state index contributed by atoms with van der Waals surface area (Å²) in [5.41, 5.74) is 1.31. The van der Waals surface area contributed by atoms with E-state index < -0.39 is 5.82 Å². The summed E-state index contributed by atoms with van der Waals surface area (Å²) in [4.78, 5) is 0. The Bertz CT molecular complexity index is 543. The lowest BCUT2D eigenvalue weighted by molar-refractivity contribution is 0.321. The van der Waals surface area contributed by atoms with Crippen molar-refractivity contribution in [2.45, 2.75) is 13.8 Å². The van der Waals surface area contributed by atoms with Crippen molar-refractivity contribution < 1.29 is 9.13 Å². The van der Waals surface area contributed by atoms with Crippen LogP contribution in [0.3, 0.4) is 0 Å². The number of ether oxygens (including phenoxy) is 1. The molecule has 0 saturated heterocycles. The largest absolute Gasteiger partial charge is 0.491 e. The van der Waals surface area contributed by atoms with Crippen molar-refractivity contribution in [1.29, 1.82) is 0 Å². The molecule has 5 heteroatoms. The van der Waals surface area contributed by atoms with Crippen molar-refractivity contribution in [2.24, 2.45) is 0 Å². The maximum Gasteiger partial charge on any atom is 0.165 e. The summed E-state index contributed by atoms with van der Waals surface area (Å²) >= 11 is 0. The van der Waals surface area contributed by atoms with Gasteiger partial charge >= 0.3 is 0 Å². The molecule has 1 aromatic carbocycles. The van der Waals surface area contributed by atoms with Crippen LogP contribution < -0.4 is 10.1 Å². The molecule has 4 nitrogen and oxygen atoms in total. The zero-order chi connectivity index (χ0) is 13.7. The summed E-state index contributed by atoms with van der Waals surface area (Å²) in [7, 11) is 0. The first-order chi connectivity index (χ1) is 9.24. The van der Waals surface area contributed by atoms with E-state index in [0.29, 0.717) is 23.7 Å². The van der Waals surface area contributed by atoms with E-state index in [1.54, 1.807) is 18.2 Å². The van der Waals surface area contributed by atoms with Gasteiger partial charge in [0, 0.05) is 12.1 Å². The number of benzene rings is 1. The number of anilines is 1. The molecule has 1 aromatic heterocycles. The standard InChI is InChI=1S/C14H16FN3O/c1-3-16-14-8-6-12(17-18-14)10-5-7-13(19-4-2)11(15)9-10/h5-9H,3-4H2,1-2H3,(H,16,18). The molecular weight excluding hydrogens is 245 g/mol. The number of rotatable bonds is 5. The zero-order valence-electron chi connectivity index (χ0n) is 11.0. The molecule has 100 valence electrons. The number of nitrogens with one attached hydrogen (secondary N) is 1. The molecule has 0 radical (unpaired) electrons.